The van der Waals surface area contributed by atoms with Crippen LogP contribution in [0.15, 0.2) is 42.7 Å². The molecular formula is C16H17NO2. The molecule has 0 aliphatic carbocycles. The molecule has 3 nitrogen and oxygen atoms in total. The van der Waals surface area contributed by atoms with Crippen LogP contribution in [0.5, 0.6) is 5.75 Å². The lowest BCUT2D eigenvalue weighted by atomic mass is 10.0. The van der Waals surface area contributed by atoms with Crippen molar-refractivity contribution in [1.29, 1.82) is 0 Å². The zero-order valence-electron chi connectivity index (χ0n) is 11.4. The van der Waals surface area contributed by atoms with Crippen LogP contribution in [0, 0.1) is 6.92 Å². The first kappa shape index (κ1) is 13.3. The molecule has 0 N–H and O–H groups in total. The van der Waals surface area contributed by atoms with E-state index in [1.54, 1.807) is 24.5 Å². The molecule has 0 saturated carbocycles. The molecule has 0 radical (unpaired) electrons. The molecule has 0 spiro atoms. The summed E-state index contributed by atoms with van der Waals surface area (Å²) < 4.78 is 5.55. The maximum absolute atomic E-state index is 12.3. The van der Waals surface area contributed by atoms with E-state index in [4.69, 9.17) is 4.74 Å². The smallest absolute Gasteiger partial charge is 0.194 e. The summed E-state index contributed by atoms with van der Waals surface area (Å²) in [6.07, 6.45) is 3.42. The summed E-state index contributed by atoms with van der Waals surface area (Å²) in [5, 5.41) is 0. The molecular weight excluding hydrogens is 238 g/mol. The molecule has 0 atom stereocenters. The lowest BCUT2D eigenvalue weighted by Crippen LogP contribution is -2.07. The summed E-state index contributed by atoms with van der Waals surface area (Å²) in [5.41, 5.74) is 2.22. The molecule has 0 aliphatic rings. The Morgan fingerprint density at radius 3 is 2.42 bits per heavy atom. The van der Waals surface area contributed by atoms with Gasteiger partial charge in [-0.1, -0.05) is 0 Å². The third-order valence-electron chi connectivity index (χ3n) is 2.77. The summed E-state index contributed by atoms with van der Waals surface area (Å²) in [6, 6.07) is 9.04. The van der Waals surface area contributed by atoms with Gasteiger partial charge in [-0.3, -0.25) is 9.78 Å². The molecule has 0 amide bonds. The van der Waals surface area contributed by atoms with Crippen LogP contribution in [-0.4, -0.2) is 16.9 Å². The van der Waals surface area contributed by atoms with Gasteiger partial charge in [-0.2, -0.15) is 0 Å². The van der Waals surface area contributed by atoms with Gasteiger partial charge < -0.3 is 4.74 Å². The molecule has 3 heteroatoms. The van der Waals surface area contributed by atoms with E-state index in [1.165, 1.54) is 0 Å². The number of carbonyl (C=O) groups is 1. The molecule has 0 fully saturated rings. The Hall–Kier alpha value is -2.16. The Labute approximate surface area is 113 Å². The van der Waals surface area contributed by atoms with Gasteiger partial charge in [-0.05, 0) is 56.7 Å². The van der Waals surface area contributed by atoms with E-state index in [9.17, 15) is 4.79 Å². The van der Waals surface area contributed by atoms with Crippen molar-refractivity contribution in [1.82, 2.24) is 4.98 Å². The molecule has 19 heavy (non-hydrogen) atoms. The van der Waals surface area contributed by atoms with Gasteiger partial charge in [0.2, 0.25) is 0 Å². The fourth-order valence-corrected chi connectivity index (χ4v) is 1.81. The quantitative estimate of drug-likeness (QED) is 0.786. The largest absolute Gasteiger partial charge is 0.491 e. The minimum Gasteiger partial charge on any atom is -0.491 e. The van der Waals surface area contributed by atoms with Gasteiger partial charge in [-0.25, -0.2) is 0 Å². The highest BCUT2D eigenvalue weighted by Crippen LogP contribution is 2.17. The Balaban J connectivity index is 2.23. The molecule has 0 unspecified atom stereocenters. The third-order valence-corrected chi connectivity index (χ3v) is 2.77. The summed E-state index contributed by atoms with van der Waals surface area (Å²) >= 11 is 0. The van der Waals surface area contributed by atoms with Gasteiger partial charge in [0, 0.05) is 23.5 Å². The number of nitrogens with zero attached hydrogens (tertiary/aromatic N) is 1. The second-order valence-corrected chi connectivity index (χ2v) is 4.71. The zero-order chi connectivity index (χ0) is 13.8. The van der Waals surface area contributed by atoms with Crippen LogP contribution in [0.3, 0.4) is 0 Å². The van der Waals surface area contributed by atoms with Crippen molar-refractivity contribution in [3.63, 3.8) is 0 Å². The monoisotopic (exact) mass is 255 g/mol. The Morgan fingerprint density at radius 1 is 1.16 bits per heavy atom. The summed E-state index contributed by atoms with van der Waals surface area (Å²) in [7, 11) is 0. The number of ether oxygens (including phenoxy) is 1. The minimum absolute atomic E-state index is 0.0123. The van der Waals surface area contributed by atoms with Gasteiger partial charge in [0.05, 0.1) is 6.10 Å². The minimum atomic E-state index is -0.0123. The first-order chi connectivity index (χ1) is 9.08. The second kappa shape index (κ2) is 5.65. The van der Waals surface area contributed by atoms with E-state index in [-0.39, 0.29) is 11.9 Å². The summed E-state index contributed by atoms with van der Waals surface area (Å²) in [5.74, 6) is 0.760. The van der Waals surface area contributed by atoms with Crippen LogP contribution in [0.2, 0.25) is 0 Å². The number of carbonyl (C=O) groups excluding carboxylic acids is 1. The van der Waals surface area contributed by atoms with Crippen molar-refractivity contribution in [2.75, 3.05) is 0 Å². The molecule has 0 bridgehead atoms. The molecule has 1 aromatic carbocycles. The molecule has 0 aliphatic heterocycles. The van der Waals surface area contributed by atoms with Gasteiger partial charge >= 0.3 is 0 Å². The van der Waals surface area contributed by atoms with Crippen molar-refractivity contribution >= 4 is 5.78 Å². The van der Waals surface area contributed by atoms with Crippen LogP contribution in [0.25, 0.3) is 0 Å². The molecule has 2 rings (SSSR count). The maximum Gasteiger partial charge on any atom is 0.194 e. The lowest BCUT2D eigenvalue weighted by molar-refractivity contribution is 0.103. The first-order valence-corrected chi connectivity index (χ1v) is 6.30. The predicted octanol–water partition coefficient (Wildman–Crippen LogP) is 3.41. The van der Waals surface area contributed by atoms with E-state index >= 15 is 0 Å². The summed E-state index contributed by atoms with van der Waals surface area (Å²) in [6.45, 7) is 5.85. The van der Waals surface area contributed by atoms with Crippen LogP contribution in [0.4, 0.5) is 0 Å². The van der Waals surface area contributed by atoms with Crippen molar-refractivity contribution in [2.24, 2.45) is 0 Å². The van der Waals surface area contributed by atoms with Crippen LogP contribution >= 0.6 is 0 Å². The molecule has 2 aromatic rings. The number of pyridine rings is 1. The fourth-order valence-electron chi connectivity index (χ4n) is 1.81. The van der Waals surface area contributed by atoms with Gasteiger partial charge in [0.25, 0.3) is 0 Å². The number of ketones is 1. The van der Waals surface area contributed by atoms with Gasteiger partial charge in [-0.15, -0.1) is 0 Å². The highest BCUT2D eigenvalue weighted by atomic mass is 16.5. The number of aromatic nitrogens is 1. The molecule has 0 saturated heterocycles. The van der Waals surface area contributed by atoms with Crippen LogP contribution in [-0.2, 0) is 0 Å². The van der Waals surface area contributed by atoms with Crippen molar-refractivity contribution < 1.29 is 9.53 Å². The van der Waals surface area contributed by atoms with Crippen molar-refractivity contribution in [3.8, 4) is 5.75 Å². The third kappa shape index (κ3) is 3.19. The van der Waals surface area contributed by atoms with E-state index in [0.29, 0.717) is 11.1 Å². The second-order valence-electron chi connectivity index (χ2n) is 4.71. The van der Waals surface area contributed by atoms with E-state index < -0.39 is 0 Å². The molecule has 1 aromatic heterocycles. The number of hydrogen-bond donors (Lipinski definition) is 0. The zero-order valence-corrected chi connectivity index (χ0v) is 11.4. The Bertz CT molecular complexity index is 574. The average molecular weight is 255 g/mol. The number of aryl methyl sites for hydroxylation is 1. The van der Waals surface area contributed by atoms with Crippen LogP contribution < -0.4 is 4.74 Å². The normalized spacial score (nSPS) is 10.5. The van der Waals surface area contributed by atoms with E-state index in [1.807, 2.05) is 39.0 Å². The fraction of sp³-hybridized carbons (Fsp3) is 0.250. The number of hydrogen-bond acceptors (Lipinski definition) is 3. The average Bonchev–Trinajstić information content (AvgIpc) is 2.39. The van der Waals surface area contributed by atoms with Crippen molar-refractivity contribution in [2.45, 2.75) is 26.9 Å². The number of benzene rings is 1. The highest BCUT2D eigenvalue weighted by molar-refractivity contribution is 6.09. The number of rotatable bonds is 4. The topological polar surface area (TPSA) is 39.2 Å². The standard InChI is InChI=1S/C16H17NO2/c1-11(2)19-14-6-4-13(5-7-14)16(18)15-10-17-9-8-12(15)3/h4-11H,1-3H3. The SMILES string of the molecule is Cc1ccncc1C(=O)c1ccc(OC(C)C)cc1. The molecule has 98 valence electrons. The Morgan fingerprint density at radius 2 is 1.84 bits per heavy atom. The van der Waals surface area contributed by atoms with Crippen molar-refractivity contribution in [3.05, 3.63) is 59.4 Å². The van der Waals surface area contributed by atoms with Gasteiger partial charge in [0.15, 0.2) is 5.78 Å². The van der Waals surface area contributed by atoms with Gasteiger partial charge in [0.1, 0.15) is 5.75 Å². The van der Waals surface area contributed by atoms with E-state index in [0.717, 1.165) is 11.3 Å². The molecule has 1 heterocycles. The maximum atomic E-state index is 12.3. The Kier molecular flexibility index (Phi) is 3.95. The summed E-state index contributed by atoms with van der Waals surface area (Å²) in [4.78, 5) is 16.3. The lowest BCUT2D eigenvalue weighted by Gasteiger charge is -2.10. The van der Waals surface area contributed by atoms with Crippen LogP contribution in [0.1, 0.15) is 35.3 Å². The predicted molar refractivity (Wildman–Crippen MR) is 74.6 cm³/mol. The highest BCUT2D eigenvalue weighted by Gasteiger charge is 2.11. The van der Waals surface area contributed by atoms with E-state index in [2.05, 4.69) is 4.98 Å². The first-order valence-electron chi connectivity index (χ1n) is 6.30.